The van der Waals surface area contributed by atoms with Gasteiger partial charge in [0.25, 0.3) is 0 Å². The zero-order valence-electron chi connectivity index (χ0n) is 14.4. The van der Waals surface area contributed by atoms with E-state index in [-0.39, 0.29) is 24.3 Å². The number of amides is 2. The maximum Gasteiger partial charge on any atom is 0.228 e. The van der Waals surface area contributed by atoms with Crippen LogP contribution in [0.1, 0.15) is 30.9 Å². The average Bonchev–Trinajstić information content (AvgIpc) is 3.36. The van der Waals surface area contributed by atoms with Gasteiger partial charge in [-0.25, -0.2) is 4.39 Å². The van der Waals surface area contributed by atoms with Crippen LogP contribution in [0.5, 0.6) is 0 Å². The molecule has 25 heavy (non-hydrogen) atoms. The number of benzene rings is 2. The summed E-state index contributed by atoms with van der Waals surface area (Å²) in [4.78, 5) is 26.0. The number of carbonyl (C=O) groups excluding carboxylic acids is 2. The van der Waals surface area contributed by atoms with Crippen molar-refractivity contribution in [3.8, 4) is 0 Å². The maximum absolute atomic E-state index is 13.7. The Labute approximate surface area is 146 Å². The number of hydrogen-bond acceptors (Lipinski definition) is 2. The van der Waals surface area contributed by atoms with Crippen molar-refractivity contribution in [3.63, 3.8) is 0 Å². The summed E-state index contributed by atoms with van der Waals surface area (Å²) >= 11 is 0. The fourth-order valence-corrected chi connectivity index (χ4v) is 2.86. The third-order valence-electron chi connectivity index (χ3n) is 4.23. The van der Waals surface area contributed by atoms with Gasteiger partial charge >= 0.3 is 0 Å². The predicted octanol–water partition coefficient (Wildman–Crippen LogP) is 3.83. The van der Waals surface area contributed by atoms with Gasteiger partial charge in [-0.05, 0) is 43.5 Å². The van der Waals surface area contributed by atoms with Gasteiger partial charge in [0.2, 0.25) is 11.8 Å². The van der Waals surface area contributed by atoms with E-state index in [1.807, 2.05) is 31.2 Å². The van der Waals surface area contributed by atoms with Crippen LogP contribution in [0.15, 0.2) is 42.5 Å². The minimum atomic E-state index is -0.450. The van der Waals surface area contributed by atoms with E-state index in [0.29, 0.717) is 11.4 Å². The molecular weight excluding hydrogens is 319 g/mol. The molecule has 5 heteroatoms. The van der Waals surface area contributed by atoms with E-state index in [4.69, 9.17) is 0 Å². The summed E-state index contributed by atoms with van der Waals surface area (Å²) in [6.07, 6.45) is 2.04. The Hall–Kier alpha value is -2.69. The Bertz CT molecular complexity index is 798. The number of rotatable bonds is 5. The van der Waals surface area contributed by atoms with E-state index in [9.17, 15) is 14.0 Å². The highest BCUT2D eigenvalue weighted by Gasteiger charge is 2.33. The molecule has 1 aliphatic carbocycles. The molecule has 1 aliphatic rings. The van der Waals surface area contributed by atoms with Crippen LogP contribution >= 0.6 is 0 Å². The number of aryl methyl sites for hydroxylation is 1. The standard InChI is InChI=1S/C20H21FN2O2/c1-13-3-5-15(6-4-13)11-20(25)22-18-12-16(21)7-10-19(18)23(14(2)24)17-8-9-17/h3-7,10,12,17H,8-9,11H2,1-2H3,(H,22,25). The zero-order valence-corrected chi connectivity index (χ0v) is 14.4. The van der Waals surface area contributed by atoms with Gasteiger partial charge in [-0.1, -0.05) is 29.8 Å². The molecule has 0 radical (unpaired) electrons. The Morgan fingerprint density at radius 2 is 1.84 bits per heavy atom. The molecule has 0 aliphatic heterocycles. The lowest BCUT2D eigenvalue weighted by molar-refractivity contribution is -0.117. The molecule has 4 nitrogen and oxygen atoms in total. The van der Waals surface area contributed by atoms with Crippen molar-refractivity contribution >= 4 is 23.2 Å². The molecule has 0 atom stereocenters. The SMILES string of the molecule is CC(=O)N(c1ccc(F)cc1NC(=O)Cc1ccc(C)cc1)C1CC1. The molecule has 0 aromatic heterocycles. The number of nitrogens with one attached hydrogen (secondary N) is 1. The molecule has 3 rings (SSSR count). The molecule has 2 amide bonds. The largest absolute Gasteiger partial charge is 0.324 e. The van der Waals surface area contributed by atoms with E-state index in [2.05, 4.69) is 5.32 Å². The summed E-state index contributed by atoms with van der Waals surface area (Å²) in [5.41, 5.74) is 2.89. The lowest BCUT2D eigenvalue weighted by Gasteiger charge is -2.24. The van der Waals surface area contributed by atoms with Crippen LogP contribution in [-0.2, 0) is 16.0 Å². The van der Waals surface area contributed by atoms with Crippen LogP contribution in [0.2, 0.25) is 0 Å². The number of carbonyl (C=O) groups is 2. The maximum atomic E-state index is 13.7. The van der Waals surface area contributed by atoms with Gasteiger partial charge in [-0.2, -0.15) is 0 Å². The van der Waals surface area contributed by atoms with Gasteiger partial charge < -0.3 is 10.2 Å². The van der Waals surface area contributed by atoms with E-state index < -0.39 is 5.82 Å². The molecule has 2 aromatic carbocycles. The van der Waals surface area contributed by atoms with Gasteiger partial charge in [-0.15, -0.1) is 0 Å². The van der Waals surface area contributed by atoms with Crippen molar-refractivity contribution in [2.75, 3.05) is 10.2 Å². The lowest BCUT2D eigenvalue weighted by atomic mass is 10.1. The van der Waals surface area contributed by atoms with Gasteiger partial charge in [0, 0.05) is 13.0 Å². The second-order valence-corrected chi connectivity index (χ2v) is 6.49. The monoisotopic (exact) mass is 340 g/mol. The summed E-state index contributed by atoms with van der Waals surface area (Å²) in [6, 6.07) is 11.9. The van der Waals surface area contributed by atoms with Crippen LogP contribution < -0.4 is 10.2 Å². The summed E-state index contributed by atoms with van der Waals surface area (Å²) in [6.45, 7) is 3.47. The van der Waals surface area contributed by atoms with E-state index in [1.54, 1.807) is 11.0 Å². The molecule has 2 aromatic rings. The minimum Gasteiger partial charge on any atom is -0.324 e. The van der Waals surface area contributed by atoms with Crippen molar-refractivity contribution in [2.24, 2.45) is 0 Å². The van der Waals surface area contributed by atoms with Crippen LogP contribution in [0.25, 0.3) is 0 Å². The molecule has 1 fully saturated rings. The summed E-state index contributed by atoms with van der Waals surface area (Å²) in [7, 11) is 0. The van der Waals surface area contributed by atoms with Crippen LogP contribution in [0, 0.1) is 12.7 Å². The third kappa shape index (κ3) is 4.24. The van der Waals surface area contributed by atoms with Crippen LogP contribution in [0.4, 0.5) is 15.8 Å². The Morgan fingerprint density at radius 3 is 2.44 bits per heavy atom. The number of nitrogens with zero attached hydrogens (tertiary/aromatic N) is 1. The molecule has 0 unspecified atom stereocenters. The van der Waals surface area contributed by atoms with Crippen molar-refractivity contribution in [3.05, 3.63) is 59.4 Å². The minimum absolute atomic E-state index is 0.108. The van der Waals surface area contributed by atoms with E-state index in [1.165, 1.54) is 19.1 Å². The smallest absolute Gasteiger partial charge is 0.228 e. The van der Waals surface area contributed by atoms with Crippen LogP contribution in [-0.4, -0.2) is 17.9 Å². The fraction of sp³-hybridized carbons (Fsp3) is 0.300. The molecule has 1 saturated carbocycles. The zero-order chi connectivity index (χ0) is 18.0. The molecule has 1 N–H and O–H groups in total. The first-order chi connectivity index (χ1) is 11.9. The molecule has 0 saturated heterocycles. The number of halogens is 1. The van der Waals surface area contributed by atoms with Crippen LogP contribution in [0.3, 0.4) is 0 Å². The second-order valence-electron chi connectivity index (χ2n) is 6.49. The highest BCUT2D eigenvalue weighted by Crippen LogP contribution is 2.36. The van der Waals surface area contributed by atoms with Gasteiger partial charge in [0.1, 0.15) is 5.82 Å². The summed E-state index contributed by atoms with van der Waals surface area (Å²) in [5, 5.41) is 2.76. The molecule has 130 valence electrons. The van der Waals surface area contributed by atoms with Crippen molar-refractivity contribution in [1.29, 1.82) is 0 Å². The predicted molar refractivity (Wildman–Crippen MR) is 96.1 cm³/mol. The molecule has 0 bridgehead atoms. The van der Waals surface area contributed by atoms with Gasteiger partial charge in [0.05, 0.1) is 17.8 Å². The topological polar surface area (TPSA) is 49.4 Å². The summed E-state index contributed by atoms with van der Waals surface area (Å²) < 4.78 is 13.7. The van der Waals surface area contributed by atoms with E-state index in [0.717, 1.165) is 24.0 Å². The van der Waals surface area contributed by atoms with Crippen molar-refractivity contribution < 1.29 is 14.0 Å². The fourth-order valence-electron chi connectivity index (χ4n) is 2.86. The second kappa shape index (κ2) is 7.05. The first-order valence-electron chi connectivity index (χ1n) is 8.39. The third-order valence-corrected chi connectivity index (χ3v) is 4.23. The summed E-state index contributed by atoms with van der Waals surface area (Å²) in [5.74, 6) is -0.799. The Balaban J connectivity index is 1.81. The first kappa shape index (κ1) is 17.1. The quantitative estimate of drug-likeness (QED) is 0.899. The number of anilines is 2. The number of hydrogen-bond donors (Lipinski definition) is 1. The highest BCUT2D eigenvalue weighted by molar-refractivity contribution is 6.01. The van der Waals surface area contributed by atoms with Crippen molar-refractivity contribution in [2.45, 2.75) is 39.2 Å². The van der Waals surface area contributed by atoms with Gasteiger partial charge in [-0.3, -0.25) is 9.59 Å². The molecule has 0 spiro atoms. The van der Waals surface area contributed by atoms with E-state index >= 15 is 0 Å². The first-order valence-corrected chi connectivity index (χ1v) is 8.39. The average molecular weight is 340 g/mol. The highest BCUT2D eigenvalue weighted by atomic mass is 19.1. The molecule has 0 heterocycles. The molecular formula is C20H21FN2O2. The van der Waals surface area contributed by atoms with Crippen molar-refractivity contribution in [1.82, 2.24) is 0 Å². The normalized spacial score (nSPS) is 13.4. The Morgan fingerprint density at radius 1 is 1.16 bits per heavy atom. The Kier molecular flexibility index (Phi) is 4.83. The lowest BCUT2D eigenvalue weighted by Crippen LogP contribution is -2.32. The van der Waals surface area contributed by atoms with Gasteiger partial charge in [0.15, 0.2) is 0 Å².